The van der Waals surface area contributed by atoms with Gasteiger partial charge in [-0.1, -0.05) is 36.3 Å². The molecule has 0 aliphatic rings. The summed E-state index contributed by atoms with van der Waals surface area (Å²) in [6.45, 7) is 4.72. The number of nitrogens with two attached hydrogens (primary N) is 1. The first kappa shape index (κ1) is 11.9. The van der Waals surface area contributed by atoms with Crippen molar-refractivity contribution in [1.82, 2.24) is 5.16 Å². The summed E-state index contributed by atoms with van der Waals surface area (Å²) >= 11 is 0. The Balaban J connectivity index is 2.38. The van der Waals surface area contributed by atoms with Crippen LogP contribution in [-0.4, -0.2) is 11.7 Å². The van der Waals surface area contributed by atoms with Gasteiger partial charge in [0.15, 0.2) is 5.76 Å². The zero-order valence-corrected chi connectivity index (χ0v) is 10.4. The standard InChI is InChI=1S/C14H18N2O/c1-3-11-4-6-12(7-5-11)14-13(8-9-15)10(2)16-17-14/h4-7H,3,8-9,15H2,1-2H3. The third-order valence-electron chi connectivity index (χ3n) is 3.00. The summed E-state index contributed by atoms with van der Waals surface area (Å²) in [6.07, 6.45) is 1.85. The van der Waals surface area contributed by atoms with Crippen molar-refractivity contribution in [3.8, 4) is 11.3 Å². The largest absolute Gasteiger partial charge is 0.356 e. The van der Waals surface area contributed by atoms with E-state index in [2.05, 4.69) is 36.3 Å². The van der Waals surface area contributed by atoms with Crippen molar-refractivity contribution in [3.63, 3.8) is 0 Å². The molecule has 0 amide bonds. The van der Waals surface area contributed by atoms with Gasteiger partial charge in [-0.25, -0.2) is 0 Å². The molecule has 0 unspecified atom stereocenters. The lowest BCUT2D eigenvalue weighted by Gasteiger charge is -2.02. The third-order valence-corrected chi connectivity index (χ3v) is 3.00. The fourth-order valence-electron chi connectivity index (χ4n) is 1.95. The summed E-state index contributed by atoms with van der Waals surface area (Å²) in [5, 5.41) is 4.02. The Kier molecular flexibility index (Phi) is 3.59. The molecule has 0 spiro atoms. The van der Waals surface area contributed by atoms with Crippen molar-refractivity contribution in [2.24, 2.45) is 5.73 Å². The zero-order chi connectivity index (χ0) is 12.3. The SMILES string of the molecule is CCc1ccc(-c2onc(C)c2CCN)cc1. The molecule has 3 heteroatoms. The first-order valence-electron chi connectivity index (χ1n) is 6.00. The average molecular weight is 230 g/mol. The Morgan fingerprint density at radius 1 is 1.24 bits per heavy atom. The maximum Gasteiger partial charge on any atom is 0.170 e. The van der Waals surface area contributed by atoms with Gasteiger partial charge in [0.05, 0.1) is 5.69 Å². The van der Waals surface area contributed by atoms with E-state index in [4.69, 9.17) is 10.3 Å². The first-order valence-corrected chi connectivity index (χ1v) is 6.00. The van der Waals surface area contributed by atoms with Crippen molar-refractivity contribution in [3.05, 3.63) is 41.1 Å². The number of aromatic nitrogens is 1. The van der Waals surface area contributed by atoms with Crippen LogP contribution in [0.2, 0.25) is 0 Å². The molecule has 0 aliphatic heterocycles. The molecule has 1 aromatic carbocycles. The summed E-state index contributed by atoms with van der Waals surface area (Å²) in [5.74, 6) is 0.857. The van der Waals surface area contributed by atoms with Crippen molar-refractivity contribution in [2.75, 3.05) is 6.54 Å². The number of benzene rings is 1. The molecule has 2 rings (SSSR count). The minimum atomic E-state index is 0.613. The highest BCUT2D eigenvalue weighted by Gasteiger charge is 2.13. The molecule has 0 atom stereocenters. The molecule has 0 radical (unpaired) electrons. The van der Waals surface area contributed by atoms with Gasteiger partial charge in [0, 0.05) is 11.1 Å². The van der Waals surface area contributed by atoms with Crippen LogP contribution in [0.15, 0.2) is 28.8 Å². The topological polar surface area (TPSA) is 52.0 Å². The van der Waals surface area contributed by atoms with E-state index in [1.54, 1.807) is 0 Å². The van der Waals surface area contributed by atoms with Gasteiger partial charge in [-0.3, -0.25) is 0 Å². The molecule has 1 aromatic heterocycles. The maximum absolute atomic E-state index is 5.61. The van der Waals surface area contributed by atoms with Gasteiger partial charge in [-0.2, -0.15) is 0 Å². The van der Waals surface area contributed by atoms with E-state index in [1.165, 1.54) is 5.56 Å². The lowest BCUT2D eigenvalue weighted by Crippen LogP contribution is -2.04. The molecule has 0 bridgehead atoms. The van der Waals surface area contributed by atoms with E-state index in [0.717, 1.165) is 35.4 Å². The number of nitrogens with zero attached hydrogens (tertiary/aromatic N) is 1. The average Bonchev–Trinajstić information content (AvgIpc) is 2.72. The molecule has 17 heavy (non-hydrogen) atoms. The number of rotatable bonds is 4. The molecule has 3 nitrogen and oxygen atoms in total. The van der Waals surface area contributed by atoms with Gasteiger partial charge in [-0.05, 0) is 31.9 Å². The zero-order valence-electron chi connectivity index (χ0n) is 10.4. The van der Waals surface area contributed by atoms with Crippen LogP contribution in [0.5, 0.6) is 0 Å². The molecular weight excluding hydrogens is 212 g/mol. The Morgan fingerprint density at radius 2 is 1.94 bits per heavy atom. The fourth-order valence-corrected chi connectivity index (χ4v) is 1.95. The van der Waals surface area contributed by atoms with Gasteiger partial charge in [0.25, 0.3) is 0 Å². The van der Waals surface area contributed by atoms with Crippen LogP contribution in [0.4, 0.5) is 0 Å². The summed E-state index contributed by atoms with van der Waals surface area (Å²) in [7, 11) is 0. The van der Waals surface area contributed by atoms with Crippen LogP contribution in [0, 0.1) is 6.92 Å². The summed E-state index contributed by atoms with van der Waals surface area (Å²) in [5.41, 5.74) is 10.1. The van der Waals surface area contributed by atoms with E-state index < -0.39 is 0 Å². The third kappa shape index (κ3) is 2.39. The highest BCUT2D eigenvalue weighted by atomic mass is 16.5. The number of hydrogen-bond donors (Lipinski definition) is 1. The summed E-state index contributed by atoms with van der Waals surface area (Å²) in [6, 6.07) is 8.41. The minimum Gasteiger partial charge on any atom is -0.356 e. The lowest BCUT2D eigenvalue weighted by atomic mass is 10.0. The fraction of sp³-hybridized carbons (Fsp3) is 0.357. The van der Waals surface area contributed by atoms with Crippen LogP contribution < -0.4 is 5.73 Å². The van der Waals surface area contributed by atoms with Crippen LogP contribution in [0.3, 0.4) is 0 Å². The van der Waals surface area contributed by atoms with Gasteiger partial charge in [0.1, 0.15) is 0 Å². The second-order valence-corrected chi connectivity index (χ2v) is 4.16. The van der Waals surface area contributed by atoms with Gasteiger partial charge in [0.2, 0.25) is 0 Å². The van der Waals surface area contributed by atoms with Crippen LogP contribution in [0.1, 0.15) is 23.7 Å². The second kappa shape index (κ2) is 5.15. The quantitative estimate of drug-likeness (QED) is 0.878. The summed E-state index contributed by atoms with van der Waals surface area (Å²) in [4.78, 5) is 0. The van der Waals surface area contributed by atoms with E-state index >= 15 is 0 Å². The number of aryl methyl sites for hydroxylation is 2. The molecule has 90 valence electrons. The van der Waals surface area contributed by atoms with Crippen LogP contribution in [0.25, 0.3) is 11.3 Å². The van der Waals surface area contributed by atoms with Gasteiger partial charge in [-0.15, -0.1) is 0 Å². The van der Waals surface area contributed by atoms with Crippen molar-refractivity contribution >= 4 is 0 Å². The molecule has 0 saturated carbocycles. The number of hydrogen-bond acceptors (Lipinski definition) is 3. The van der Waals surface area contributed by atoms with E-state index in [-0.39, 0.29) is 0 Å². The lowest BCUT2D eigenvalue weighted by molar-refractivity contribution is 0.426. The molecule has 2 aromatic rings. The maximum atomic E-state index is 5.61. The summed E-state index contributed by atoms with van der Waals surface area (Å²) < 4.78 is 5.40. The van der Waals surface area contributed by atoms with E-state index in [9.17, 15) is 0 Å². The monoisotopic (exact) mass is 230 g/mol. The Bertz CT molecular complexity index is 485. The van der Waals surface area contributed by atoms with Crippen molar-refractivity contribution < 1.29 is 4.52 Å². The van der Waals surface area contributed by atoms with Crippen LogP contribution >= 0.6 is 0 Å². The molecule has 0 aliphatic carbocycles. The molecule has 2 N–H and O–H groups in total. The predicted octanol–water partition coefficient (Wildman–Crippen LogP) is 2.71. The van der Waals surface area contributed by atoms with Gasteiger partial charge >= 0.3 is 0 Å². The van der Waals surface area contributed by atoms with Crippen molar-refractivity contribution in [1.29, 1.82) is 0 Å². The Hall–Kier alpha value is -1.61. The smallest absolute Gasteiger partial charge is 0.170 e. The van der Waals surface area contributed by atoms with E-state index in [1.807, 2.05) is 6.92 Å². The molecule has 0 saturated heterocycles. The second-order valence-electron chi connectivity index (χ2n) is 4.16. The minimum absolute atomic E-state index is 0.613. The van der Waals surface area contributed by atoms with Gasteiger partial charge < -0.3 is 10.3 Å². The highest BCUT2D eigenvalue weighted by molar-refractivity contribution is 5.62. The Morgan fingerprint density at radius 3 is 2.53 bits per heavy atom. The van der Waals surface area contributed by atoms with Crippen molar-refractivity contribution in [2.45, 2.75) is 26.7 Å². The normalized spacial score (nSPS) is 10.8. The molecule has 0 fully saturated rings. The predicted molar refractivity (Wildman–Crippen MR) is 68.8 cm³/mol. The Labute approximate surface area is 102 Å². The first-order chi connectivity index (χ1) is 8.26. The molecule has 1 heterocycles. The van der Waals surface area contributed by atoms with E-state index in [0.29, 0.717) is 6.54 Å². The van der Waals surface area contributed by atoms with Crippen LogP contribution in [-0.2, 0) is 12.8 Å². The highest BCUT2D eigenvalue weighted by Crippen LogP contribution is 2.26. The molecular formula is C14H18N2O.